The van der Waals surface area contributed by atoms with E-state index in [0.29, 0.717) is 10.8 Å². The van der Waals surface area contributed by atoms with Crippen molar-refractivity contribution in [3.8, 4) is 5.75 Å². The zero-order chi connectivity index (χ0) is 19.4. The van der Waals surface area contributed by atoms with Crippen LogP contribution in [-0.2, 0) is 0 Å². The maximum atomic E-state index is 5.31. The predicted molar refractivity (Wildman–Crippen MR) is 117 cm³/mol. The Morgan fingerprint density at radius 1 is 0.964 bits per heavy atom. The van der Waals surface area contributed by atoms with Gasteiger partial charge in [0, 0.05) is 0 Å². The molecule has 1 aromatic rings. The fourth-order valence-corrected chi connectivity index (χ4v) is 7.81. The Balaban J connectivity index is 1.42. The fourth-order valence-electron chi connectivity index (χ4n) is 7.81. The second kappa shape index (κ2) is 6.78. The van der Waals surface area contributed by atoms with Crippen LogP contribution >= 0.6 is 0 Å². The molecular formula is C27H36O. The molecule has 0 aliphatic heterocycles. The molecule has 0 spiro atoms. The zero-order valence-corrected chi connectivity index (χ0v) is 17.9. The third kappa shape index (κ3) is 2.88. The number of hydrogen-bond acceptors (Lipinski definition) is 1. The second-order valence-corrected chi connectivity index (χ2v) is 10.7. The summed E-state index contributed by atoms with van der Waals surface area (Å²) in [6, 6.07) is 8.51. The molecule has 1 heteroatoms. The molecule has 4 aliphatic rings. The summed E-state index contributed by atoms with van der Waals surface area (Å²) in [6.45, 7) is 5.25. The lowest BCUT2D eigenvalue weighted by molar-refractivity contribution is -0.0761. The van der Waals surface area contributed by atoms with Crippen molar-refractivity contribution in [1.29, 1.82) is 0 Å². The van der Waals surface area contributed by atoms with Crippen LogP contribution < -0.4 is 4.74 Å². The minimum Gasteiger partial charge on any atom is -0.497 e. The van der Waals surface area contributed by atoms with E-state index >= 15 is 0 Å². The normalized spacial score (nSPS) is 43.3. The molecule has 1 nitrogen and oxygen atoms in total. The van der Waals surface area contributed by atoms with E-state index in [0.717, 1.165) is 29.4 Å². The highest BCUT2D eigenvalue weighted by atomic mass is 16.5. The van der Waals surface area contributed by atoms with E-state index in [1.807, 2.05) is 0 Å². The van der Waals surface area contributed by atoms with Crippen molar-refractivity contribution in [1.82, 2.24) is 0 Å². The van der Waals surface area contributed by atoms with E-state index in [1.54, 1.807) is 7.11 Å². The van der Waals surface area contributed by atoms with Gasteiger partial charge >= 0.3 is 0 Å². The summed E-state index contributed by atoms with van der Waals surface area (Å²) in [5.74, 6) is 4.63. The van der Waals surface area contributed by atoms with Crippen molar-refractivity contribution >= 4 is 6.08 Å². The Kier molecular flexibility index (Phi) is 4.49. The summed E-state index contributed by atoms with van der Waals surface area (Å²) in [4.78, 5) is 0. The van der Waals surface area contributed by atoms with Crippen LogP contribution in [0.25, 0.3) is 6.08 Å². The van der Waals surface area contributed by atoms with Crippen LogP contribution in [0.4, 0.5) is 0 Å². The Hall–Kier alpha value is -1.50. The molecule has 0 saturated heterocycles. The summed E-state index contributed by atoms with van der Waals surface area (Å²) in [6.07, 6.45) is 19.0. The SMILES string of the molecule is COc1ccc(C=C2C=CC3CCC4C5CCCC5(C)CCC4C3(C)C2)cc1. The van der Waals surface area contributed by atoms with Crippen LogP contribution in [0.2, 0.25) is 0 Å². The second-order valence-electron chi connectivity index (χ2n) is 10.7. The number of allylic oxidation sites excluding steroid dienone is 3. The Labute approximate surface area is 171 Å². The molecule has 4 aliphatic carbocycles. The molecule has 5 rings (SSSR count). The minimum absolute atomic E-state index is 0.458. The first-order valence-corrected chi connectivity index (χ1v) is 11.5. The summed E-state index contributed by atoms with van der Waals surface area (Å²) in [5.41, 5.74) is 3.93. The summed E-state index contributed by atoms with van der Waals surface area (Å²) < 4.78 is 5.31. The summed E-state index contributed by atoms with van der Waals surface area (Å²) in [7, 11) is 1.73. The van der Waals surface area contributed by atoms with Gasteiger partial charge < -0.3 is 4.74 Å². The lowest BCUT2D eigenvalue weighted by atomic mass is 9.46. The van der Waals surface area contributed by atoms with E-state index in [-0.39, 0.29) is 0 Å². The molecule has 28 heavy (non-hydrogen) atoms. The number of hydrogen-bond donors (Lipinski definition) is 0. The molecular weight excluding hydrogens is 340 g/mol. The van der Waals surface area contributed by atoms with E-state index in [9.17, 15) is 0 Å². The molecule has 0 radical (unpaired) electrons. The van der Waals surface area contributed by atoms with Gasteiger partial charge in [-0.3, -0.25) is 0 Å². The highest BCUT2D eigenvalue weighted by Crippen LogP contribution is 2.65. The standard InChI is InChI=1S/C27H36O/c1-26-15-4-5-24(26)23-13-10-21-9-6-20(18-27(21,2)25(23)14-16-26)17-19-7-11-22(28-3)12-8-19/h6-9,11-12,17,21,23-25H,4-5,10,13-16,18H2,1-3H3. The first-order chi connectivity index (χ1) is 13.5. The van der Waals surface area contributed by atoms with Crippen LogP contribution in [-0.4, -0.2) is 7.11 Å². The molecule has 0 heterocycles. The molecule has 0 N–H and O–H groups in total. The third-order valence-corrected chi connectivity index (χ3v) is 9.32. The largest absolute Gasteiger partial charge is 0.497 e. The Morgan fingerprint density at radius 2 is 1.79 bits per heavy atom. The minimum atomic E-state index is 0.458. The molecule has 6 atom stereocenters. The molecule has 1 aromatic carbocycles. The van der Waals surface area contributed by atoms with Crippen LogP contribution in [0, 0.1) is 34.5 Å². The lowest BCUT2D eigenvalue weighted by Crippen LogP contribution is -2.51. The van der Waals surface area contributed by atoms with Crippen LogP contribution in [0.1, 0.15) is 70.8 Å². The maximum Gasteiger partial charge on any atom is 0.118 e. The summed E-state index contributed by atoms with van der Waals surface area (Å²) >= 11 is 0. The van der Waals surface area contributed by atoms with Gasteiger partial charge in [0.1, 0.15) is 5.75 Å². The molecule has 3 saturated carbocycles. The zero-order valence-electron chi connectivity index (χ0n) is 17.9. The van der Waals surface area contributed by atoms with Crippen molar-refractivity contribution < 1.29 is 4.74 Å². The first-order valence-electron chi connectivity index (χ1n) is 11.5. The van der Waals surface area contributed by atoms with Gasteiger partial charge in [-0.15, -0.1) is 0 Å². The Morgan fingerprint density at radius 3 is 2.57 bits per heavy atom. The monoisotopic (exact) mass is 376 g/mol. The van der Waals surface area contributed by atoms with Crippen LogP contribution in [0.3, 0.4) is 0 Å². The average Bonchev–Trinajstić information content (AvgIpc) is 3.10. The summed E-state index contributed by atoms with van der Waals surface area (Å²) in [5, 5.41) is 0. The molecule has 0 bridgehead atoms. The van der Waals surface area contributed by atoms with Crippen LogP contribution in [0.15, 0.2) is 42.0 Å². The quantitative estimate of drug-likeness (QED) is 0.526. The average molecular weight is 377 g/mol. The van der Waals surface area contributed by atoms with Crippen molar-refractivity contribution in [2.24, 2.45) is 34.5 Å². The van der Waals surface area contributed by atoms with Gasteiger partial charge in [0.05, 0.1) is 7.11 Å². The molecule has 6 unspecified atom stereocenters. The highest BCUT2D eigenvalue weighted by molar-refractivity contribution is 5.57. The van der Waals surface area contributed by atoms with Crippen LogP contribution in [0.5, 0.6) is 5.75 Å². The van der Waals surface area contributed by atoms with E-state index in [4.69, 9.17) is 4.74 Å². The van der Waals surface area contributed by atoms with Crippen molar-refractivity contribution in [2.45, 2.75) is 65.2 Å². The smallest absolute Gasteiger partial charge is 0.118 e. The number of fused-ring (bicyclic) bond motifs is 5. The maximum absolute atomic E-state index is 5.31. The van der Waals surface area contributed by atoms with Crippen molar-refractivity contribution in [2.75, 3.05) is 7.11 Å². The van der Waals surface area contributed by atoms with Crippen molar-refractivity contribution in [3.05, 3.63) is 47.6 Å². The van der Waals surface area contributed by atoms with Gasteiger partial charge in [0.25, 0.3) is 0 Å². The molecule has 0 amide bonds. The number of benzene rings is 1. The van der Waals surface area contributed by atoms with E-state index in [2.05, 4.69) is 56.3 Å². The van der Waals surface area contributed by atoms with E-state index in [1.165, 1.54) is 62.5 Å². The highest BCUT2D eigenvalue weighted by Gasteiger charge is 2.56. The van der Waals surface area contributed by atoms with Gasteiger partial charge in [-0.2, -0.15) is 0 Å². The molecule has 150 valence electrons. The van der Waals surface area contributed by atoms with Gasteiger partial charge in [-0.05, 0) is 103 Å². The lowest BCUT2D eigenvalue weighted by Gasteiger charge is -2.59. The van der Waals surface area contributed by atoms with E-state index < -0.39 is 0 Å². The fraction of sp³-hybridized carbons (Fsp3) is 0.630. The van der Waals surface area contributed by atoms with Gasteiger partial charge in [-0.1, -0.05) is 50.6 Å². The van der Waals surface area contributed by atoms with Gasteiger partial charge in [-0.25, -0.2) is 0 Å². The molecule has 3 fully saturated rings. The predicted octanol–water partition coefficient (Wildman–Crippen LogP) is 7.29. The van der Waals surface area contributed by atoms with Crippen molar-refractivity contribution in [3.63, 3.8) is 0 Å². The first kappa shape index (κ1) is 18.5. The number of ether oxygens (including phenoxy) is 1. The van der Waals surface area contributed by atoms with Gasteiger partial charge in [0.2, 0.25) is 0 Å². The number of methoxy groups -OCH3 is 1. The van der Waals surface area contributed by atoms with Gasteiger partial charge in [0.15, 0.2) is 0 Å². The molecule has 0 aromatic heterocycles. The number of rotatable bonds is 2. The third-order valence-electron chi connectivity index (χ3n) is 9.32. The Bertz CT molecular complexity index is 787. The topological polar surface area (TPSA) is 9.23 Å².